The highest BCUT2D eigenvalue weighted by molar-refractivity contribution is 5.67. The van der Waals surface area contributed by atoms with E-state index in [1.54, 1.807) is 7.11 Å². The lowest BCUT2D eigenvalue weighted by molar-refractivity contribution is 0.0384. The van der Waals surface area contributed by atoms with Gasteiger partial charge in [-0.25, -0.2) is 4.98 Å². The first kappa shape index (κ1) is 18.0. The minimum absolute atomic E-state index is 0.401. The second kappa shape index (κ2) is 8.07. The predicted octanol–water partition coefficient (Wildman–Crippen LogP) is 4.93. The van der Waals surface area contributed by atoms with Crippen LogP contribution in [0.4, 0.5) is 0 Å². The molecule has 4 rings (SSSR count). The van der Waals surface area contributed by atoms with Crippen molar-refractivity contribution in [3.05, 3.63) is 66.1 Å². The Kier molecular flexibility index (Phi) is 5.37. The molecule has 1 saturated heterocycles. The van der Waals surface area contributed by atoms with Gasteiger partial charge in [0.05, 0.1) is 11.8 Å². The Morgan fingerprint density at radius 3 is 2.26 bits per heavy atom. The van der Waals surface area contributed by atoms with E-state index in [1.807, 2.05) is 13.0 Å². The van der Waals surface area contributed by atoms with Gasteiger partial charge in [-0.2, -0.15) is 0 Å². The van der Waals surface area contributed by atoms with Gasteiger partial charge < -0.3 is 9.15 Å². The van der Waals surface area contributed by atoms with E-state index < -0.39 is 0 Å². The van der Waals surface area contributed by atoms with Crippen LogP contribution in [0.25, 0.3) is 22.6 Å². The molecule has 1 aliphatic heterocycles. The average Bonchev–Trinajstić information content (AvgIpc) is 3.10. The molecule has 0 saturated carbocycles. The standard InChI is InChI=1S/C23H26N2O2/c1-17-22(16-25-14-12-21(26-2)13-15-25)24-23(27-17)20-10-8-19(9-11-20)18-6-4-3-5-7-18/h3-11,21H,12-16H2,1-2H3. The fourth-order valence-electron chi connectivity index (χ4n) is 3.65. The van der Waals surface area contributed by atoms with Crippen LogP contribution in [0.5, 0.6) is 0 Å². The SMILES string of the molecule is COC1CCN(Cc2nc(-c3ccc(-c4ccccc4)cc3)oc2C)CC1. The summed E-state index contributed by atoms with van der Waals surface area (Å²) in [5.74, 6) is 1.61. The lowest BCUT2D eigenvalue weighted by atomic mass is 10.0. The lowest BCUT2D eigenvalue weighted by Gasteiger charge is -2.30. The highest BCUT2D eigenvalue weighted by Crippen LogP contribution is 2.26. The molecule has 0 bridgehead atoms. The molecule has 1 fully saturated rings. The largest absolute Gasteiger partial charge is 0.441 e. The molecule has 2 heterocycles. The maximum Gasteiger partial charge on any atom is 0.226 e. The van der Waals surface area contributed by atoms with E-state index >= 15 is 0 Å². The fourth-order valence-corrected chi connectivity index (χ4v) is 3.65. The van der Waals surface area contributed by atoms with Gasteiger partial charge in [-0.3, -0.25) is 4.90 Å². The van der Waals surface area contributed by atoms with E-state index in [1.165, 1.54) is 11.1 Å². The van der Waals surface area contributed by atoms with Gasteiger partial charge in [0.1, 0.15) is 5.76 Å². The van der Waals surface area contributed by atoms with Gasteiger partial charge in [0.15, 0.2) is 0 Å². The van der Waals surface area contributed by atoms with Gasteiger partial charge in [0, 0.05) is 32.3 Å². The number of ether oxygens (including phenoxy) is 1. The molecule has 0 unspecified atom stereocenters. The number of hydrogen-bond donors (Lipinski definition) is 0. The second-order valence-electron chi connectivity index (χ2n) is 7.18. The third-order valence-corrected chi connectivity index (χ3v) is 5.37. The van der Waals surface area contributed by atoms with E-state index in [2.05, 4.69) is 53.4 Å². The van der Waals surface area contributed by atoms with Gasteiger partial charge in [-0.15, -0.1) is 0 Å². The number of nitrogens with zero attached hydrogens (tertiary/aromatic N) is 2. The number of aryl methyl sites for hydroxylation is 1. The van der Waals surface area contributed by atoms with Gasteiger partial charge in [0.2, 0.25) is 5.89 Å². The van der Waals surface area contributed by atoms with Gasteiger partial charge in [-0.1, -0.05) is 42.5 Å². The van der Waals surface area contributed by atoms with Crippen molar-refractivity contribution in [2.75, 3.05) is 20.2 Å². The van der Waals surface area contributed by atoms with Crippen molar-refractivity contribution in [1.29, 1.82) is 0 Å². The first-order valence-corrected chi connectivity index (χ1v) is 9.60. The molecule has 1 aromatic heterocycles. The quantitative estimate of drug-likeness (QED) is 0.645. The summed E-state index contributed by atoms with van der Waals surface area (Å²) in [6.07, 6.45) is 2.57. The number of methoxy groups -OCH3 is 1. The first-order chi connectivity index (χ1) is 13.2. The van der Waals surface area contributed by atoms with Crippen LogP contribution < -0.4 is 0 Å². The molecular formula is C23H26N2O2. The zero-order valence-corrected chi connectivity index (χ0v) is 16.0. The van der Waals surface area contributed by atoms with Crippen LogP contribution in [0.15, 0.2) is 59.0 Å². The molecule has 27 heavy (non-hydrogen) atoms. The van der Waals surface area contributed by atoms with Gasteiger partial charge in [-0.05, 0) is 43.0 Å². The van der Waals surface area contributed by atoms with Crippen molar-refractivity contribution in [2.24, 2.45) is 0 Å². The van der Waals surface area contributed by atoms with Crippen LogP contribution in [-0.4, -0.2) is 36.2 Å². The Balaban J connectivity index is 1.46. The summed E-state index contributed by atoms with van der Waals surface area (Å²) < 4.78 is 11.4. The number of oxazole rings is 1. The van der Waals surface area contributed by atoms with Crippen molar-refractivity contribution in [3.8, 4) is 22.6 Å². The molecule has 4 heteroatoms. The smallest absolute Gasteiger partial charge is 0.226 e. The summed E-state index contributed by atoms with van der Waals surface area (Å²) in [4.78, 5) is 7.21. The zero-order chi connectivity index (χ0) is 18.6. The number of hydrogen-bond acceptors (Lipinski definition) is 4. The Morgan fingerprint density at radius 1 is 0.963 bits per heavy atom. The van der Waals surface area contributed by atoms with Crippen LogP contribution in [0, 0.1) is 6.92 Å². The number of aromatic nitrogens is 1. The van der Waals surface area contributed by atoms with Crippen LogP contribution >= 0.6 is 0 Å². The summed E-state index contributed by atoms with van der Waals surface area (Å²) in [7, 11) is 1.80. The summed E-state index contributed by atoms with van der Waals surface area (Å²) in [6, 6.07) is 18.8. The monoisotopic (exact) mass is 362 g/mol. The van der Waals surface area contributed by atoms with Crippen LogP contribution in [0.1, 0.15) is 24.3 Å². The summed E-state index contributed by atoms with van der Waals surface area (Å²) >= 11 is 0. The van der Waals surface area contributed by atoms with E-state index in [0.717, 1.165) is 49.5 Å². The molecule has 3 aromatic rings. The van der Waals surface area contributed by atoms with Crippen LogP contribution in [0.2, 0.25) is 0 Å². The summed E-state index contributed by atoms with van der Waals surface area (Å²) in [5.41, 5.74) is 4.46. The molecule has 0 N–H and O–H groups in total. The van der Waals surface area contributed by atoms with E-state index in [-0.39, 0.29) is 0 Å². The molecule has 2 aromatic carbocycles. The number of likely N-dealkylation sites (tertiary alicyclic amines) is 1. The molecule has 0 aliphatic carbocycles. The second-order valence-corrected chi connectivity index (χ2v) is 7.18. The normalized spacial score (nSPS) is 15.9. The summed E-state index contributed by atoms with van der Waals surface area (Å²) in [5, 5.41) is 0. The molecule has 140 valence electrons. The predicted molar refractivity (Wildman–Crippen MR) is 107 cm³/mol. The molecule has 0 spiro atoms. The van der Waals surface area contributed by atoms with E-state index in [4.69, 9.17) is 14.1 Å². The molecule has 0 amide bonds. The fraction of sp³-hybridized carbons (Fsp3) is 0.348. The van der Waals surface area contributed by atoms with Crippen LogP contribution in [0.3, 0.4) is 0 Å². The molecule has 0 radical (unpaired) electrons. The Morgan fingerprint density at radius 2 is 1.59 bits per heavy atom. The maximum absolute atomic E-state index is 5.97. The molecule has 4 nitrogen and oxygen atoms in total. The van der Waals surface area contributed by atoms with E-state index in [9.17, 15) is 0 Å². The Bertz CT molecular complexity index is 863. The van der Waals surface area contributed by atoms with Crippen LogP contribution in [-0.2, 0) is 11.3 Å². The van der Waals surface area contributed by atoms with Gasteiger partial charge >= 0.3 is 0 Å². The minimum atomic E-state index is 0.401. The number of piperidine rings is 1. The zero-order valence-electron chi connectivity index (χ0n) is 16.0. The topological polar surface area (TPSA) is 38.5 Å². The van der Waals surface area contributed by atoms with Gasteiger partial charge in [0.25, 0.3) is 0 Å². The number of rotatable bonds is 5. The first-order valence-electron chi connectivity index (χ1n) is 9.60. The third-order valence-electron chi connectivity index (χ3n) is 5.37. The van der Waals surface area contributed by atoms with E-state index in [0.29, 0.717) is 12.0 Å². The molecular weight excluding hydrogens is 336 g/mol. The Hall–Kier alpha value is -2.43. The van der Waals surface area contributed by atoms with Crippen molar-refractivity contribution in [1.82, 2.24) is 9.88 Å². The maximum atomic E-state index is 5.97. The van der Waals surface area contributed by atoms with Crippen molar-refractivity contribution < 1.29 is 9.15 Å². The summed E-state index contributed by atoms with van der Waals surface area (Å²) in [6.45, 7) is 4.94. The molecule has 1 aliphatic rings. The van der Waals surface area contributed by atoms with Crippen molar-refractivity contribution in [2.45, 2.75) is 32.4 Å². The molecule has 0 atom stereocenters. The highest BCUT2D eigenvalue weighted by Gasteiger charge is 2.21. The highest BCUT2D eigenvalue weighted by atomic mass is 16.5. The van der Waals surface area contributed by atoms with Crippen molar-refractivity contribution >= 4 is 0 Å². The Labute approximate surface area is 160 Å². The minimum Gasteiger partial charge on any atom is -0.441 e. The third kappa shape index (κ3) is 4.12. The van der Waals surface area contributed by atoms with Crippen molar-refractivity contribution in [3.63, 3.8) is 0 Å². The number of benzene rings is 2. The average molecular weight is 362 g/mol. The lowest BCUT2D eigenvalue weighted by Crippen LogP contribution is -2.36.